The monoisotopic (exact) mass is 189 g/mol. The minimum atomic E-state index is -0.245. The van der Waals surface area contributed by atoms with Gasteiger partial charge in [0, 0.05) is 24.0 Å². The molecule has 0 radical (unpaired) electrons. The molecule has 0 aliphatic rings. The molecule has 0 saturated heterocycles. The van der Waals surface area contributed by atoms with Crippen LogP contribution in [0.25, 0.3) is 11.3 Å². The third-order valence-electron chi connectivity index (χ3n) is 1.65. The number of nitrogens with two attached hydrogens (primary N) is 1. The average molecular weight is 189 g/mol. The highest BCUT2D eigenvalue weighted by atomic mass is 16.1. The Morgan fingerprint density at radius 2 is 1.93 bits per heavy atom. The van der Waals surface area contributed by atoms with Gasteiger partial charge in [-0.15, -0.1) is 0 Å². The first-order valence-corrected chi connectivity index (χ1v) is 3.89. The predicted octanol–water partition coefficient (Wildman–Crippen LogP) is -0.191. The van der Waals surface area contributed by atoms with Crippen LogP contribution in [0, 0.1) is 0 Å². The van der Waals surface area contributed by atoms with Crippen molar-refractivity contribution in [3.05, 3.63) is 34.9 Å². The minimum Gasteiger partial charge on any atom is -0.368 e. The zero-order valence-electron chi connectivity index (χ0n) is 7.14. The average Bonchev–Trinajstić information content (AvgIpc) is 2.21. The van der Waals surface area contributed by atoms with Crippen LogP contribution < -0.4 is 11.3 Å². The van der Waals surface area contributed by atoms with Crippen molar-refractivity contribution in [1.82, 2.24) is 20.2 Å². The summed E-state index contributed by atoms with van der Waals surface area (Å²) in [5.74, 6) is 0.207. The molecule has 3 N–H and O–H groups in total. The van der Waals surface area contributed by atoms with E-state index < -0.39 is 0 Å². The van der Waals surface area contributed by atoms with Crippen LogP contribution in [-0.2, 0) is 0 Å². The number of hydrogen-bond acceptors (Lipinski definition) is 5. The van der Waals surface area contributed by atoms with Gasteiger partial charge in [0.05, 0.1) is 5.69 Å². The highest BCUT2D eigenvalue weighted by Crippen LogP contribution is 2.11. The van der Waals surface area contributed by atoms with Crippen molar-refractivity contribution in [2.75, 3.05) is 5.73 Å². The molecule has 0 fully saturated rings. The second-order valence-corrected chi connectivity index (χ2v) is 2.64. The van der Waals surface area contributed by atoms with E-state index in [2.05, 4.69) is 20.2 Å². The van der Waals surface area contributed by atoms with Gasteiger partial charge in [0.25, 0.3) is 5.56 Å². The van der Waals surface area contributed by atoms with Crippen LogP contribution in [0.4, 0.5) is 5.95 Å². The highest BCUT2D eigenvalue weighted by molar-refractivity contribution is 5.55. The number of rotatable bonds is 1. The SMILES string of the molecule is Nc1ncc(-c2ccc(=O)[nH]n2)cn1. The van der Waals surface area contributed by atoms with Gasteiger partial charge in [-0.1, -0.05) is 0 Å². The molecule has 2 aromatic rings. The summed E-state index contributed by atoms with van der Waals surface area (Å²) in [6.07, 6.45) is 3.09. The van der Waals surface area contributed by atoms with Gasteiger partial charge in [-0.05, 0) is 6.07 Å². The van der Waals surface area contributed by atoms with E-state index in [9.17, 15) is 4.79 Å². The fourth-order valence-corrected chi connectivity index (χ4v) is 0.976. The summed E-state index contributed by atoms with van der Waals surface area (Å²) in [5.41, 5.74) is 6.39. The number of H-pyrrole nitrogens is 1. The molecule has 0 atom stereocenters. The van der Waals surface area contributed by atoms with Crippen LogP contribution in [0.15, 0.2) is 29.3 Å². The zero-order chi connectivity index (χ0) is 9.97. The van der Waals surface area contributed by atoms with Gasteiger partial charge >= 0.3 is 0 Å². The highest BCUT2D eigenvalue weighted by Gasteiger charge is 1.99. The second kappa shape index (κ2) is 3.25. The third-order valence-corrected chi connectivity index (χ3v) is 1.65. The normalized spacial score (nSPS) is 10.0. The Kier molecular flexibility index (Phi) is 1.94. The number of nitrogens with one attached hydrogen (secondary N) is 1. The van der Waals surface area contributed by atoms with Gasteiger partial charge in [-0.3, -0.25) is 4.79 Å². The molecule has 2 heterocycles. The topological polar surface area (TPSA) is 97.5 Å². The molecule has 14 heavy (non-hydrogen) atoms. The number of nitrogens with zero attached hydrogens (tertiary/aromatic N) is 3. The lowest BCUT2D eigenvalue weighted by Crippen LogP contribution is -2.05. The molecule has 6 heteroatoms. The molecule has 0 aromatic carbocycles. The van der Waals surface area contributed by atoms with E-state index >= 15 is 0 Å². The summed E-state index contributed by atoms with van der Waals surface area (Å²) in [4.78, 5) is 18.4. The maximum Gasteiger partial charge on any atom is 0.264 e. The molecular formula is C8H7N5O. The summed E-state index contributed by atoms with van der Waals surface area (Å²) in [5, 5.41) is 6.14. The number of nitrogen functional groups attached to an aromatic ring is 1. The quantitative estimate of drug-likeness (QED) is 0.647. The fraction of sp³-hybridized carbons (Fsp3) is 0. The molecule has 0 amide bonds. The first-order chi connectivity index (χ1) is 6.75. The molecule has 0 unspecified atom stereocenters. The molecule has 6 nitrogen and oxygen atoms in total. The Labute approximate surface area is 78.8 Å². The summed E-state index contributed by atoms with van der Waals surface area (Å²) < 4.78 is 0. The Morgan fingerprint density at radius 3 is 2.50 bits per heavy atom. The number of aromatic nitrogens is 4. The van der Waals surface area contributed by atoms with Crippen LogP contribution in [0.1, 0.15) is 0 Å². The van der Waals surface area contributed by atoms with E-state index in [1.165, 1.54) is 6.07 Å². The first kappa shape index (κ1) is 8.36. The molecule has 70 valence electrons. The minimum absolute atomic E-state index is 0.207. The van der Waals surface area contributed by atoms with Gasteiger partial charge in [-0.2, -0.15) is 5.10 Å². The van der Waals surface area contributed by atoms with E-state index in [0.29, 0.717) is 11.3 Å². The van der Waals surface area contributed by atoms with Crippen molar-refractivity contribution in [2.45, 2.75) is 0 Å². The van der Waals surface area contributed by atoms with Crippen LogP contribution in [0.3, 0.4) is 0 Å². The lowest BCUT2D eigenvalue weighted by atomic mass is 10.2. The molecule has 0 aliphatic heterocycles. The van der Waals surface area contributed by atoms with Crippen molar-refractivity contribution < 1.29 is 0 Å². The zero-order valence-corrected chi connectivity index (χ0v) is 7.14. The molecule has 0 saturated carbocycles. The smallest absolute Gasteiger partial charge is 0.264 e. The fourth-order valence-electron chi connectivity index (χ4n) is 0.976. The summed E-state index contributed by atoms with van der Waals surface area (Å²) in [7, 11) is 0. The van der Waals surface area contributed by atoms with Gasteiger partial charge in [0.2, 0.25) is 5.95 Å². The lowest BCUT2D eigenvalue weighted by Gasteiger charge is -1.97. The van der Waals surface area contributed by atoms with Crippen molar-refractivity contribution in [1.29, 1.82) is 0 Å². The Hall–Kier alpha value is -2.24. The summed E-state index contributed by atoms with van der Waals surface area (Å²) in [6, 6.07) is 2.98. The van der Waals surface area contributed by atoms with Gasteiger partial charge in [-0.25, -0.2) is 15.1 Å². The maximum atomic E-state index is 10.7. The molecule has 2 rings (SSSR count). The second-order valence-electron chi connectivity index (χ2n) is 2.64. The van der Waals surface area contributed by atoms with Gasteiger partial charge < -0.3 is 5.73 Å². The van der Waals surface area contributed by atoms with Crippen LogP contribution in [0.5, 0.6) is 0 Å². The van der Waals surface area contributed by atoms with Crippen molar-refractivity contribution in [2.24, 2.45) is 0 Å². The molecule has 2 aromatic heterocycles. The van der Waals surface area contributed by atoms with Crippen LogP contribution in [0.2, 0.25) is 0 Å². The summed E-state index contributed by atoms with van der Waals surface area (Å²) in [6.45, 7) is 0. The van der Waals surface area contributed by atoms with E-state index in [1.54, 1.807) is 18.5 Å². The van der Waals surface area contributed by atoms with E-state index in [-0.39, 0.29) is 11.5 Å². The molecule has 0 bridgehead atoms. The van der Waals surface area contributed by atoms with Crippen LogP contribution in [-0.4, -0.2) is 20.2 Å². The van der Waals surface area contributed by atoms with Crippen LogP contribution >= 0.6 is 0 Å². The number of hydrogen-bond donors (Lipinski definition) is 2. The van der Waals surface area contributed by atoms with E-state index in [0.717, 1.165) is 0 Å². The van der Waals surface area contributed by atoms with Gasteiger partial charge in [0.1, 0.15) is 0 Å². The largest absolute Gasteiger partial charge is 0.368 e. The predicted molar refractivity (Wildman–Crippen MR) is 50.3 cm³/mol. The van der Waals surface area contributed by atoms with Crippen molar-refractivity contribution in [3.8, 4) is 11.3 Å². The number of anilines is 1. The maximum absolute atomic E-state index is 10.7. The van der Waals surface area contributed by atoms with Crippen molar-refractivity contribution in [3.63, 3.8) is 0 Å². The Balaban J connectivity index is 2.44. The summed E-state index contributed by atoms with van der Waals surface area (Å²) >= 11 is 0. The Morgan fingerprint density at radius 1 is 1.21 bits per heavy atom. The molecule has 0 spiro atoms. The molecular weight excluding hydrogens is 182 g/mol. The molecule has 0 aliphatic carbocycles. The van der Waals surface area contributed by atoms with Crippen molar-refractivity contribution >= 4 is 5.95 Å². The van der Waals surface area contributed by atoms with Gasteiger partial charge in [0.15, 0.2) is 0 Å². The number of aromatic amines is 1. The lowest BCUT2D eigenvalue weighted by molar-refractivity contribution is 0.991. The third kappa shape index (κ3) is 1.58. The Bertz CT molecular complexity index is 469. The standard InChI is InChI=1S/C8H7N5O/c9-8-10-3-5(4-11-8)6-1-2-7(14)13-12-6/h1-4H,(H,13,14)(H2,9,10,11). The van der Waals surface area contributed by atoms with E-state index in [1.807, 2.05) is 0 Å². The van der Waals surface area contributed by atoms with E-state index in [4.69, 9.17) is 5.73 Å². The first-order valence-electron chi connectivity index (χ1n) is 3.89.